The van der Waals surface area contributed by atoms with Crippen molar-refractivity contribution in [2.75, 3.05) is 13.7 Å². The van der Waals surface area contributed by atoms with E-state index in [1.807, 2.05) is 0 Å². The summed E-state index contributed by atoms with van der Waals surface area (Å²) in [6, 6.07) is 10.5. The summed E-state index contributed by atoms with van der Waals surface area (Å²) in [5, 5.41) is 9.67. The average molecular weight is 423 g/mol. The van der Waals surface area contributed by atoms with Crippen LogP contribution in [0.15, 0.2) is 46.9 Å². The molecule has 0 saturated carbocycles. The lowest BCUT2D eigenvalue weighted by Gasteiger charge is -2.09. The quantitative estimate of drug-likeness (QED) is 0.499. The number of esters is 1. The number of halogens is 1. The van der Waals surface area contributed by atoms with Gasteiger partial charge in [0.05, 0.1) is 7.11 Å². The van der Waals surface area contributed by atoms with Crippen molar-refractivity contribution in [1.29, 1.82) is 0 Å². The molecule has 3 N–H and O–H groups in total. The number of amides is 2. The topological polar surface area (TPSA) is 114 Å². The van der Waals surface area contributed by atoms with Gasteiger partial charge < -0.3 is 14.6 Å². The van der Waals surface area contributed by atoms with Crippen molar-refractivity contribution < 1.29 is 29.0 Å². The third kappa shape index (κ3) is 5.21. The van der Waals surface area contributed by atoms with Crippen LogP contribution < -0.4 is 15.6 Å². The lowest BCUT2D eigenvalue weighted by atomic mass is 10.2. The number of phenols is 1. The zero-order chi connectivity index (χ0) is 19.1. The van der Waals surface area contributed by atoms with Crippen molar-refractivity contribution in [2.24, 2.45) is 0 Å². The highest BCUT2D eigenvalue weighted by atomic mass is 79.9. The second-order valence-electron chi connectivity index (χ2n) is 4.97. The summed E-state index contributed by atoms with van der Waals surface area (Å²) >= 11 is 3.25. The molecular weight excluding hydrogens is 408 g/mol. The van der Waals surface area contributed by atoms with Crippen LogP contribution in [0.3, 0.4) is 0 Å². The zero-order valence-corrected chi connectivity index (χ0v) is 15.2. The normalized spacial score (nSPS) is 9.92. The smallest absolute Gasteiger partial charge is 0.342 e. The Labute approximate surface area is 157 Å². The maximum absolute atomic E-state index is 11.9. The Hall–Kier alpha value is -3.07. The number of hydrogen-bond donors (Lipinski definition) is 3. The van der Waals surface area contributed by atoms with Crippen molar-refractivity contribution in [3.05, 3.63) is 58.1 Å². The first kappa shape index (κ1) is 19.3. The molecule has 0 aromatic heterocycles. The molecular formula is C17H15BrN2O6. The van der Waals surface area contributed by atoms with Gasteiger partial charge in [-0.1, -0.05) is 15.9 Å². The molecule has 0 bridgehead atoms. The number of ether oxygens (including phenoxy) is 2. The van der Waals surface area contributed by atoms with Crippen molar-refractivity contribution in [3.8, 4) is 11.5 Å². The highest BCUT2D eigenvalue weighted by Gasteiger charge is 2.16. The first-order valence-corrected chi connectivity index (χ1v) is 8.09. The number of phenolic OH excluding ortho intramolecular Hbond substituents is 1. The highest BCUT2D eigenvalue weighted by molar-refractivity contribution is 9.10. The maximum Gasteiger partial charge on any atom is 0.342 e. The Bertz CT molecular complexity index is 823. The predicted molar refractivity (Wildman–Crippen MR) is 94.7 cm³/mol. The van der Waals surface area contributed by atoms with Crippen LogP contribution in [0.4, 0.5) is 0 Å². The molecule has 2 aromatic carbocycles. The average Bonchev–Trinajstić information content (AvgIpc) is 2.65. The summed E-state index contributed by atoms with van der Waals surface area (Å²) in [6.07, 6.45) is 0. The minimum Gasteiger partial charge on any atom is -0.507 e. The second-order valence-corrected chi connectivity index (χ2v) is 5.88. The van der Waals surface area contributed by atoms with E-state index in [1.165, 1.54) is 25.3 Å². The summed E-state index contributed by atoms with van der Waals surface area (Å²) in [5.41, 5.74) is 4.52. The lowest BCUT2D eigenvalue weighted by molar-refractivity contribution is -0.125. The van der Waals surface area contributed by atoms with Gasteiger partial charge in [-0.3, -0.25) is 20.4 Å². The van der Waals surface area contributed by atoms with Crippen LogP contribution in [0.2, 0.25) is 0 Å². The molecule has 0 radical (unpaired) electrons. The van der Waals surface area contributed by atoms with Crippen LogP contribution in [0, 0.1) is 0 Å². The maximum atomic E-state index is 11.9. The minimum atomic E-state index is -0.907. The fourth-order valence-electron chi connectivity index (χ4n) is 1.85. The number of carbonyl (C=O) groups excluding carboxylic acids is 3. The van der Waals surface area contributed by atoms with E-state index in [2.05, 4.69) is 26.8 Å². The molecule has 0 atom stereocenters. The number of benzene rings is 2. The molecule has 0 aliphatic heterocycles. The van der Waals surface area contributed by atoms with Gasteiger partial charge in [-0.2, -0.15) is 0 Å². The molecule has 2 aromatic rings. The van der Waals surface area contributed by atoms with Crippen LogP contribution in [-0.2, 0) is 9.53 Å². The SMILES string of the molecule is COc1ccc(O)c(C(=O)OCC(=O)NNC(=O)c2ccc(Br)cc2)c1. The molecule has 8 nitrogen and oxygen atoms in total. The van der Waals surface area contributed by atoms with Crippen LogP contribution in [0.1, 0.15) is 20.7 Å². The van der Waals surface area contributed by atoms with Gasteiger partial charge in [-0.05, 0) is 42.5 Å². The fraction of sp³-hybridized carbons (Fsp3) is 0.118. The third-order valence-corrected chi connectivity index (χ3v) is 3.71. The molecule has 0 unspecified atom stereocenters. The van der Waals surface area contributed by atoms with E-state index in [-0.39, 0.29) is 11.3 Å². The standard InChI is InChI=1S/C17H15BrN2O6/c1-25-12-6-7-14(21)13(8-12)17(24)26-9-15(22)19-20-16(23)10-2-4-11(18)5-3-10/h2-8,21H,9H2,1H3,(H,19,22)(H,20,23). The molecule has 9 heteroatoms. The van der Waals surface area contributed by atoms with Gasteiger partial charge >= 0.3 is 5.97 Å². The highest BCUT2D eigenvalue weighted by Crippen LogP contribution is 2.23. The first-order valence-electron chi connectivity index (χ1n) is 7.29. The molecule has 26 heavy (non-hydrogen) atoms. The molecule has 0 spiro atoms. The molecule has 0 fully saturated rings. The van der Waals surface area contributed by atoms with Gasteiger partial charge in [0, 0.05) is 10.0 Å². The predicted octanol–water partition coefficient (Wildman–Crippen LogP) is 1.78. The van der Waals surface area contributed by atoms with E-state index in [0.717, 1.165) is 4.47 Å². The van der Waals surface area contributed by atoms with E-state index in [1.54, 1.807) is 24.3 Å². The van der Waals surface area contributed by atoms with Crippen LogP contribution in [0.5, 0.6) is 11.5 Å². The van der Waals surface area contributed by atoms with Gasteiger partial charge in [0.1, 0.15) is 17.1 Å². The fourth-order valence-corrected chi connectivity index (χ4v) is 2.11. The summed E-state index contributed by atoms with van der Waals surface area (Å²) in [4.78, 5) is 35.4. The van der Waals surface area contributed by atoms with E-state index in [9.17, 15) is 19.5 Å². The minimum absolute atomic E-state index is 0.143. The monoisotopic (exact) mass is 422 g/mol. The number of methoxy groups -OCH3 is 1. The van der Waals surface area contributed by atoms with Gasteiger partial charge in [-0.15, -0.1) is 0 Å². The van der Waals surface area contributed by atoms with Crippen molar-refractivity contribution in [2.45, 2.75) is 0 Å². The number of rotatable bonds is 5. The third-order valence-electron chi connectivity index (χ3n) is 3.18. The van der Waals surface area contributed by atoms with E-state index < -0.39 is 24.4 Å². The molecule has 0 heterocycles. The van der Waals surface area contributed by atoms with Gasteiger partial charge in [0.2, 0.25) is 0 Å². The molecule has 0 saturated heterocycles. The zero-order valence-electron chi connectivity index (χ0n) is 13.6. The van der Waals surface area contributed by atoms with Crippen LogP contribution in [0.25, 0.3) is 0 Å². The molecule has 0 aliphatic rings. The first-order chi connectivity index (χ1) is 12.4. The van der Waals surface area contributed by atoms with Gasteiger partial charge in [0.25, 0.3) is 11.8 Å². The Morgan fingerprint density at radius 2 is 1.77 bits per heavy atom. The Balaban J connectivity index is 1.84. The van der Waals surface area contributed by atoms with Crippen LogP contribution in [-0.4, -0.2) is 36.6 Å². The van der Waals surface area contributed by atoms with Gasteiger partial charge in [0.15, 0.2) is 6.61 Å². The summed E-state index contributed by atoms with van der Waals surface area (Å²) in [6.45, 7) is -0.643. The Kier molecular flexibility index (Phi) is 6.56. The Morgan fingerprint density at radius 3 is 2.42 bits per heavy atom. The number of hydrazine groups is 1. The second kappa shape index (κ2) is 8.86. The number of aromatic hydroxyl groups is 1. The van der Waals surface area contributed by atoms with Crippen molar-refractivity contribution in [3.63, 3.8) is 0 Å². The Morgan fingerprint density at radius 1 is 1.08 bits per heavy atom. The number of carbonyl (C=O) groups is 3. The van der Waals surface area contributed by atoms with Crippen molar-refractivity contribution >= 4 is 33.7 Å². The molecule has 136 valence electrons. The number of nitrogens with one attached hydrogen (secondary N) is 2. The molecule has 2 amide bonds. The lowest BCUT2D eigenvalue weighted by Crippen LogP contribution is -2.43. The molecule has 2 rings (SSSR count). The summed E-state index contributed by atoms with van der Waals surface area (Å²) in [7, 11) is 1.41. The summed E-state index contributed by atoms with van der Waals surface area (Å²) < 4.78 is 10.6. The van der Waals surface area contributed by atoms with Crippen molar-refractivity contribution in [1.82, 2.24) is 10.9 Å². The van der Waals surface area contributed by atoms with E-state index in [0.29, 0.717) is 11.3 Å². The summed E-state index contributed by atoms with van der Waals surface area (Å²) in [5.74, 6) is -2.13. The number of hydrogen-bond acceptors (Lipinski definition) is 6. The van der Waals surface area contributed by atoms with E-state index >= 15 is 0 Å². The van der Waals surface area contributed by atoms with Crippen LogP contribution >= 0.6 is 15.9 Å². The van der Waals surface area contributed by atoms with E-state index in [4.69, 9.17) is 9.47 Å². The molecule has 0 aliphatic carbocycles. The largest absolute Gasteiger partial charge is 0.507 e. The van der Waals surface area contributed by atoms with Gasteiger partial charge in [-0.25, -0.2) is 4.79 Å².